The second kappa shape index (κ2) is 2.51. The second-order valence-corrected chi connectivity index (χ2v) is 3.21. The molecule has 1 rings (SSSR count). The van der Waals surface area contributed by atoms with Gasteiger partial charge in [0.25, 0.3) is 0 Å². The minimum absolute atomic E-state index is 0.342. The molecule has 0 amide bonds. The molecule has 52 valence electrons. The molecule has 0 aliphatic heterocycles. The van der Waals surface area contributed by atoms with Gasteiger partial charge >= 0.3 is 0 Å². The molecule has 1 heteroatoms. The number of Topliss-reactive ketones (excluding diaryl/α,β-unsaturated/α-hetero) is 1. The minimum atomic E-state index is 0.342. The Morgan fingerprint density at radius 3 is 2.56 bits per heavy atom. The highest BCUT2D eigenvalue weighted by molar-refractivity contribution is 5.75. The third kappa shape index (κ3) is 2.17. The van der Waals surface area contributed by atoms with Gasteiger partial charge in [-0.3, -0.25) is 0 Å². The Kier molecular flexibility index (Phi) is 1.89. The smallest absolute Gasteiger partial charge is 0.129 e. The predicted molar refractivity (Wildman–Crippen MR) is 37.2 cm³/mol. The van der Waals surface area contributed by atoms with Gasteiger partial charge in [-0.15, -0.1) is 0 Å². The van der Waals surface area contributed by atoms with E-state index in [4.69, 9.17) is 0 Å². The summed E-state index contributed by atoms with van der Waals surface area (Å²) in [5.41, 5.74) is 0. The molecule has 1 aliphatic carbocycles. The van der Waals surface area contributed by atoms with Gasteiger partial charge in [0.15, 0.2) is 0 Å². The number of ketones is 1. The molecule has 1 saturated carbocycles. The Labute approximate surface area is 56.4 Å². The summed E-state index contributed by atoms with van der Waals surface area (Å²) < 4.78 is 0. The zero-order valence-corrected chi connectivity index (χ0v) is 6.18. The van der Waals surface area contributed by atoms with E-state index in [-0.39, 0.29) is 0 Å². The number of hydrogen-bond acceptors (Lipinski definition) is 1. The fourth-order valence-corrected chi connectivity index (χ4v) is 1.19. The molecule has 0 spiro atoms. The Balaban J connectivity index is 2.00. The van der Waals surface area contributed by atoms with E-state index in [1.54, 1.807) is 6.92 Å². The topological polar surface area (TPSA) is 17.1 Å². The third-order valence-corrected chi connectivity index (χ3v) is 2.14. The fourth-order valence-electron chi connectivity index (χ4n) is 1.19. The molecule has 0 bridgehead atoms. The van der Waals surface area contributed by atoms with E-state index in [1.165, 1.54) is 6.42 Å². The molecule has 1 nitrogen and oxygen atoms in total. The van der Waals surface area contributed by atoms with E-state index in [2.05, 4.69) is 6.92 Å². The van der Waals surface area contributed by atoms with Crippen LogP contribution >= 0.6 is 0 Å². The number of carbonyl (C=O) groups is 1. The summed E-state index contributed by atoms with van der Waals surface area (Å²) in [7, 11) is 0. The quantitative estimate of drug-likeness (QED) is 0.565. The lowest BCUT2D eigenvalue weighted by Gasteiger charge is -1.91. The van der Waals surface area contributed by atoms with Gasteiger partial charge in [-0.25, -0.2) is 0 Å². The first-order valence-electron chi connectivity index (χ1n) is 3.69. The van der Waals surface area contributed by atoms with Crippen molar-refractivity contribution in [3.05, 3.63) is 0 Å². The standard InChI is InChI=1S/C8H14O/c1-6-5-8(6)4-3-7(2)9/h6,8H,3-5H2,1-2H3/t6-,8-/m1/s1. The predicted octanol–water partition coefficient (Wildman–Crippen LogP) is 2.01. The van der Waals surface area contributed by atoms with E-state index in [9.17, 15) is 4.79 Å². The largest absolute Gasteiger partial charge is 0.300 e. The van der Waals surface area contributed by atoms with Gasteiger partial charge in [-0.05, 0) is 31.6 Å². The van der Waals surface area contributed by atoms with Crippen LogP contribution in [-0.2, 0) is 4.79 Å². The van der Waals surface area contributed by atoms with Gasteiger partial charge < -0.3 is 4.79 Å². The lowest BCUT2D eigenvalue weighted by Crippen LogP contribution is -1.90. The molecule has 0 aromatic rings. The summed E-state index contributed by atoms with van der Waals surface area (Å²) in [6, 6.07) is 0. The molecule has 0 aromatic heterocycles. The highest BCUT2D eigenvalue weighted by atomic mass is 16.1. The molecule has 0 heterocycles. The maximum Gasteiger partial charge on any atom is 0.129 e. The molecule has 0 saturated heterocycles. The van der Waals surface area contributed by atoms with Crippen molar-refractivity contribution in [3.63, 3.8) is 0 Å². The number of hydrogen-bond donors (Lipinski definition) is 0. The van der Waals surface area contributed by atoms with Crippen molar-refractivity contribution in [1.82, 2.24) is 0 Å². The van der Waals surface area contributed by atoms with Crippen molar-refractivity contribution in [2.45, 2.75) is 33.1 Å². The lowest BCUT2D eigenvalue weighted by atomic mass is 10.1. The Morgan fingerprint density at radius 1 is 1.67 bits per heavy atom. The molecule has 1 fully saturated rings. The van der Waals surface area contributed by atoms with Crippen molar-refractivity contribution in [2.75, 3.05) is 0 Å². The fraction of sp³-hybridized carbons (Fsp3) is 0.875. The first-order valence-corrected chi connectivity index (χ1v) is 3.69. The Morgan fingerprint density at radius 2 is 2.22 bits per heavy atom. The number of carbonyl (C=O) groups excluding carboxylic acids is 1. The molecule has 0 unspecified atom stereocenters. The summed E-state index contributed by atoms with van der Waals surface area (Å²) in [5, 5.41) is 0. The number of rotatable bonds is 3. The first kappa shape index (κ1) is 6.79. The van der Waals surface area contributed by atoms with Crippen LogP contribution in [0.2, 0.25) is 0 Å². The molecule has 9 heavy (non-hydrogen) atoms. The van der Waals surface area contributed by atoms with Gasteiger partial charge in [0, 0.05) is 6.42 Å². The third-order valence-electron chi connectivity index (χ3n) is 2.14. The highest BCUT2D eigenvalue weighted by Crippen LogP contribution is 2.41. The maximum atomic E-state index is 10.5. The summed E-state index contributed by atoms with van der Waals surface area (Å²) >= 11 is 0. The zero-order valence-electron chi connectivity index (χ0n) is 6.18. The summed E-state index contributed by atoms with van der Waals surface area (Å²) in [6.45, 7) is 3.93. The molecular formula is C8H14O. The van der Waals surface area contributed by atoms with Crippen LogP contribution in [0.5, 0.6) is 0 Å². The molecule has 0 aromatic carbocycles. The normalized spacial score (nSPS) is 32.2. The molecule has 2 atom stereocenters. The first-order chi connectivity index (χ1) is 4.20. The van der Waals surface area contributed by atoms with Crippen LogP contribution in [0.1, 0.15) is 33.1 Å². The monoisotopic (exact) mass is 126 g/mol. The SMILES string of the molecule is CC(=O)CC[C@@H]1C[C@H]1C. The zero-order chi connectivity index (χ0) is 6.85. The van der Waals surface area contributed by atoms with E-state index in [1.807, 2.05) is 0 Å². The van der Waals surface area contributed by atoms with E-state index < -0.39 is 0 Å². The van der Waals surface area contributed by atoms with Gasteiger partial charge in [-0.2, -0.15) is 0 Å². The lowest BCUT2D eigenvalue weighted by molar-refractivity contribution is -0.117. The van der Waals surface area contributed by atoms with E-state index >= 15 is 0 Å². The summed E-state index contributed by atoms with van der Waals surface area (Å²) in [5.74, 6) is 2.13. The average Bonchev–Trinajstić information content (AvgIpc) is 2.42. The second-order valence-electron chi connectivity index (χ2n) is 3.21. The average molecular weight is 126 g/mol. The van der Waals surface area contributed by atoms with Crippen LogP contribution in [0.25, 0.3) is 0 Å². The van der Waals surface area contributed by atoms with Crippen molar-refractivity contribution in [1.29, 1.82) is 0 Å². The van der Waals surface area contributed by atoms with Crippen LogP contribution in [0.3, 0.4) is 0 Å². The summed E-state index contributed by atoms with van der Waals surface area (Å²) in [4.78, 5) is 10.5. The Bertz CT molecular complexity index is 118. The Hall–Kier alpha value is -0.330. The van der Waals surface area contributed by atoms with Crippen molar-refractivity contribution >= 4 is 5.78 Å². The van der Waals surface area contributed by atoms with Crippen LogP contribution < -0.4 is 0 Å². The van der Waals surface area contributed by atoms with Crippen LogP contribution in [0, 0.1) is 11.8 Å². The molecule has 0 radical (unpaired) electrons. The maximum absolute atomic E-state index is 10.5. The van der Waals surface area contributed by atoms with Gasteiger partial charge in [0.2, 0.25) is 0 Å². The van der Waals surface area contributed by atoms with Gasteiger partial charge in [0.05, 0.1) is 0 Å². The van der Waals surface area contributed by atoms with Crippen molar-refractivity contribution in [2.24, 2.45) is 11.8 Å². The van der Waals surface area contributed by atoms with Crippen LogP contribution in [0.4, 0.5) is 0 Å². The van der Waals surface area contributed by atoms with Crippen molar-refractivity contribution < 1.29 is 4.79 Å². The van der Waals surface area contributed by atoms with Crippen LogP contribution in [-0.4, -0.2) is 5.78 Å². The molecule has 1 aliphatic rings. The summed E-state index contributed by atoms with van der Waals surface area (Å²) in [6.07, 6.45) is 3.29. The molecular weight excluding hydrogens is 112 g/mol. The van der Waals surface area contributed by atoms with E-state index in [0.717, 1.165) is 24.7 Å². The van der Waals surface area contributed by atoms with E-state index in [0.29, 0.717) is 5.78 Å². The molecule has 0 N–H and O–H groups in total. The van der Waals surface area contributed by atoms with Crippen LogP contribution in [0.15, 0.2) is 0 Å². The van der Waals surface area contributed by atoms with Crippen molar-refractivity contribution in [3.8, 4) is 0 Å². The van der Waals surface area contributed by atoms with Gasteiger partial charge in [-0.1, -0.05) is 6.92 Å². The van der Waals surface area contributed by atoms with Gasteiger partial charge in [0.1, 0.15) is 5.78 Å². The highest BCUT2D eigenvalue weighted by Gasteiger charge is 2.31. The minimum Gasteiger partial charge on any atom is -0.300 e.